The van der Waals surface area contributed by atoms with E-state index in [1.54, 1.807) is 24.3 Å². The molecule has 2 atom stereocenters. The van der Waals surface area contributed by atoms with Gasteiger partial charge in [-0.1, -0.05) is 12.1 Å². The van der Waals surface area contributed by atoms with Crippen molar-refractivity contribution in [3.63, 3.8) is 0 Å². The summed E-state index contributed by atoms with van der Waals surface area (Å²) in [6.45, 7) is 3.41. The topological polar surface area (TPSA) is 78.5 Å². The van der Waals surface area contributed by atoms with E-state index in [1.807, 2.05) is 0 Å². The first-order chi connectivity index (χ1) is 11.1. The summed E-state index contributed by atoms with van der Waals surface area (Å²) in [5.41, 5.74) is 0.881. The van der Waals surface area contributed by atoms with E-state index < -0.39 is 0 Å². The van der Waals surface area contributed by atoms with Crippen LogP contribution in [0.2, 0.25) is 0 Å². The first-order valence-electron chi connectivity index (χ1n) is 8.04. The molecule has 2 heterocycles. The minimum Gasteiger partial charge on any atom is -0.354 e. The monoisotopic (exact) mass is 315 g/mol. The molecule has 122 valence electrons. The number of hydrogen-bond acceptors (Lipinski definition) is 4. The fourth-order valence-electron chi connectivity index (χ4n) is 3.25. The number of nitrogens with zero attached hydrogens (tertiary/aromatic N) is 1. The molecule has 1 aromatic carbocycles. The van der Waals surface area contributed by atoms with Gasteiger partial charge in [0, 0.05) is 25.0 Å². The third-order valence-electron chi connectivity index (χ3n) is 4.51. The van der Waals surface area contributed by atoms with Gasteiger partial charge in [0.2, 0.25) is 5.91 Å². The summed E-state index contributed by atoms with van der Waals surface area (Å²) in [4.78, 5) is 37.8. The Morgan fingerprint density at radius 1 is 1.26 bits per heavy atom. The Hall–Kier alpha value is -2.21. The summed E-state index contributed by atoms with van der Waals surface area (Å²) in [6, 6.07) is 7.15. The van der Waals surface area contributed by atoms with E-state index in [-0.39, 0.29) is 30.2 Å². The molecule has 2 N–H and O–H groups in total. The molecule has 1 aromatic rings. The van der Waals surface area contributed by atoms with Gasteiger partial charge in [0.15, 0.2) is 0 Å². The van der Waals surface area contributed by atoms with Crippen LogP contribution < -0.4 is 10.6 Å². The van der Waals surface area contributed by atoms with Crippen LogP contribution in [0, 0.1) is 5.92 Å². The smallest absolute Gasteiger partial charge is 0.261 e. The number of rotatable bonds is 4. The molecule has 1 fully saturated rings. The molecule has 6 nitrogen and oxygen atoms in total. The summed E-state index contributed by atoms with van der Waals surface area (Å²) in [5, 5.41) is 6.17. The van der Waals surface area contributed by atoms with E-state index >= 15 is 0 Å². The average Bonchev–Trinajstić information content (AvgIpc) is 2.80. The van der Waals surface area contributed by atoms with Crippen molar-refractivity contribution in [3.05, 3.63) is 35.4 Å². The number of amides is 3. The van der Waals surface area contributed by atoms with Gasteiger partial charge in [-0.05, 0) is 38.4 Å². The standard InChI is InChI=1S/C17H21N3O3/c1-11-10-12(6-7-18-11)15(21)19-8-9-20-16(22)13-4-2-3-5-14(13)17(20)23/h2-5,11-12,18H,6-10H2,1H3,(H,19,21)/t11-,12-/m0/s1. The molecule has 23 heavy (non-hydrogen) atoms. The largest absolute Gasteiger partial charge is 0.354 e. The zero-order chi connectivity index (χ0) is 16.4. The summed E-state index contributed by atoms with van der Waals surface area (Å²) >= 11 is 0. The molecule has 3 rings (SSSR count). The molecule has 1 saturated heterocycles. The Balaban J connectivity index is 1.53. The summed E-state index contributed by atoms with van der Waals surface area (Å²) in [6.07, 6.45) is 1.64. The number of benzene rings is 1. The van der Waals surface area contributed by atoms with Gasteiger partial charge in [0.1, 0.15) is 0 Å². The number of carbonyl (C=O) groups excluding carboxylic acids is 3. The zero-order valence-electron chi connectivity index (χ0n) is 13.2. The molecule has 2 aliphatic rings. The zero-order valence-corrected chi connectivity index (χ0v) is 13.2. The molecule has 0 aliphatic carbocycles. The lowest BCUT2D eigenvalue weighted by Crippen LogP contribution is -2.44. The molecular weight excluding hydrogens is 294 g/mol. The number of carbonyl (C=O) groups is 3. The number of nitrogens with one attached hydrogen (secondary N) is 2. The van der Waals surface area contributed by atoms with Gasteiger partial charge < -0.3 is 10.6 Å². The van der Waals surface area contributed by atoms with Crippen LogP contribution in [0.25, 0.3) is 0 Å². The minimum atomic E-state index is -0.282. The van der Waals surface area contributed by atoms with Gasteiger partial charge in [0.05, 0.1) is 11.1 Å². The van der Waals surface area contributed by atoms with Crippen molar-refractivity contribution in [2.75, 3.05) is 19.6 Å². The van der Waals surface area contributed by atoms with Crippen LogP contribution in [0.4, 0.5) is 0 Å². The second-order valence-electron chi connectivity index (χ2n) is 6.18. The molecule has 0 bridgehead atoms. The highest BCUT2D eigenvalue weighted by Gasteiger charge is 2.34. The van der Waals surface area contributed by atoms with Crippen molar-refractivity contribution in [1.29, 1.82) is 0 Å². The lowest BCUT2D eigenvalue weighted by Gasteiger charge is -2.27. The summed E-state index contributed by atoms with van der Waals surface area (Å²) in [5.74, 6) is -0.547. The van der Waals surface area contributed by atoms with Gasteiger partial charge >= 0.3 is 0 Å². The quantitative estimate of drug-likeness (QED) is 0.805. The normalized spacial score (nSPS) is 23.8. The van der Waals surface area contributed by atoms with Gasteiger partial charge in [-0.15, -0.1) is 0 Å². The first kappa shape index (κ1) is 15.7. The molecule has 0 radical (unpaired) electrons. The van der Waals surface area contributed by atoms with Crippen molar-refractivity contribution in [2.24, 2.45) is 5.92 Å². The highest BCUT2D eigenvalue weighted by atomic mass is 16.2. The van der Waals surface area contributed by atoms with Crippen LogP contribution >= 0.6 is 0 Å². The molecule has 3 amide bonds. The third-order valence-corrected chi connectivity index (χ3v) is 4.51. The lowest BCUT2D eigenvalue weighted by molar-refractivity contribution is -0.126. The van der Waals surface area contributed by atoms with E-state index in [1.165, 1.54) is 4.90 Å². The van der Waals surface area contributed by atoms with Crippen molar-refractivity contribution in [2.45, 2.75) is 25.8 Å². The van der Waals surface area contributed by atoms with E-state index in [0.717, 1.165) is 19.4 Å². The first-order valence-corrected chi connectivity index (χ1v) is 8.04. The molecule has 6 heteroatoms. The van der Waals surface area contributed by atoms with Gasteiger partial charge in [-0.25, -0.2) is 0 Å². The van der Waals surface area contributed by atoms with E-state index in [0.29, 0.717) is 23.7 Å². The number of imide groups is 1. The van der Waals surface area contributed by atoms with E-state index in [2.05, 4.69) is 17.6 Å². The third kappa shape index (κ3) is 3.12. The SMILES string of the molecule is C[C@H]1C[C@@H](C(=O)NCCN2C(=O)c3ccccc3C2=O)CCN1. The molecule has 0 spiro atoms. The number of fused-ring (bicyclic) bond motifs is 1. The van der Waals surface area contributed by atoms with Crippen molar-refractivity contribution in [1.82, 2.24) is 15.5 Å². The second kappa shape index (κ2) is 6.50. The van der Waals surface area contributed by atoms with E-state index in [9.17, 15) is 14.4 Å². The van der Waals surface area contributed by atoms with Crippen LogP contribution in [0.15, 0.2) is 24.3 Å². The fourth-order valence-corrected chi connectivity index (χ4v) is 3.25. The molecular formula is C17H21N3O3. The molecule has 0 unspecified atom stereocenters. The van der Waals surface area contributed by atoms with Crippen LogP contribution in [-0.2, 0) is 4.79 Å². The predicted octanol–water partition coefficient (Wildman–Crippen LogP) is 0.787. The van der Waals surface area contributed by atoms with E-state index in [4.69, 9.17) is 0 Å². The molecule has 0 saturated carbocycles. The Labute approximate surface area is 135 Å². The average molecular weight is 315 g/mol. The number of hydrogen-bond donors (Lipinski definition) is 2. The summed E-state index contributed by atoms with van der Waals surface area (Å²) in [7, 11) is 0. The Kier molecular flexibility index (Phi) is 4.43. The Bertz CT molecular complexity index is 609. The Morgan fingerprint density at radius 3 is 2.52 bits per heavy atom. The highest BCUT2D eigenvalue weighted by Crippen LogP contribution is 2.22. The van der Waals surface area contributed by atoms with Gasteiger partial charge in [0.25, 0.3) is 11.8 Å². The maximum Gasteiger partial charge on any atom is 0.261 e. The van der Waals surface area contributed by atoms with Crippen LogP contribution in [0.3, 0.4) is 0 Å². The maximum absolute atomic E-state index is 12.2. The van der Waals surface area contributed by atoms with Crippen LogP contribution in [-0.4, -0.2) is 48.3 Å². The van der Waals surface area contributed by atoms with Crippen molar-refractivity contribution < 1.29 is 14.4 Å². The Morgan fingerprint density at radius 2 is 1.91 bits per heavy atom. The fraction of sp³-hybridized carbons (Fsp3) is 0.471. The highest BCUT2D eigenvalue weighted by molar-refractivity contribution is 6.21. The molecule has 2 aliphatic heterocycles. The number of piperidine rings is 1. The predicted molar refractivity (Wildman–Crippen MR) is 85.0 cm³/mol. The second-order valence-corrected chi connectivity index (χ2v) is 6.18. The van der Waals surface area contributed by atoms with Crippen LogP contribution in [0.1, 0.15) is 40.5 Å². The van der Waals surface area contributed by atoms with Gasteiger partial charge in [-0.3, -0.25) is 19.3 Å². The van der Waals surface area contributed by atoms with Gasteiger partial charge in [-0.2, -0.15) is 0 Å². The molecule has 0 aromatic heterocycles. The minimum absolute atomic E-state index is 0.00780. The summed E-state index contributed by atoms with van der Waals surface area (Å²) < 4.78 is 0. The van der Waals surface area contributed by atoms with Crippen LogP contribution in [0.5, 0.6) is 0 Å². The van der Waals surface area contributed by atoms with Crippen molar-refractivity contribution in [3.8, 4) is 0 Å². The van der Waals surface area contributed by atoms with Crippen molar-refractivity contribution >= 4 is 17.7 Å². The lowest BCUT2D eigenvalue weighted by atomic mass is 9.92. The maximum atomic E-state index is 12.2.